The van der Waals surface area contributed by atoms with Gasteiger partial charge >= 0.3 is 0 Å². The van der Waals surface area contributed by atoms with Gasteiger partial charge in [-0.3, -0.25) is 0 Å². The molecule has 0 atom stereocenters. The molecule has 0 bridgehead atoms. The van der Waals surface area contributed by atoms with E-state index in [1.807, 2.05) is 78.9 Å². The van der Waals surface area contributed by atoms with Crippen LogP contribution >= 0.6 is 15.9 Å². The SMILES string of the molecule is Brc1ccccc1-c1nc(CNc2ccc(Oc3ccccc3)cc2)co1. The molecule has 1 heterocycles. The number of rotatable bonds is 6. The Labute approximate surface area is 166 Å². The van der Waals surface area contributed by atoms with Gasteiger partial charge in [0, 0.05) is 10.2 Å². The number of benzene rings is 3. The lowest BCUT2D eigenvalue weighted by atomic mass is 10.2. The molecule has 4 nitrogen and oxygen atoms in total. The van der Waals surface area contributed by atoms with Crippen LogP contribution in [-0.2, 0) is 6.54 Å². The molecule has 0 amide bonds. The zero-order valence-corrected chi connectivity index (χ0v) is 16.0. The Morgan fingerprint density at radius 1 is 0.852 bits per heavy atom. The van der Waals surface area contributed by atoms with E-state index in [1.165, 1.54) is 0 Å². The minimum Gasteiger partial charge on any atom is -0.457 e. The summed E-state index contributed by atoms with van der Waals surface area (Å²) in [5.41, 5.74) is 2.76. The number of nitrogens with one attached hydrogen (secondary N) is 1. The first kappa shape index (κ1) is 17.4. The van der Waals surface area contributed by atoms with Gasteiger partial charge in [0.25, 0.3) is 0 Å². The summed E-state index contributed by atoms with van der Waals surface area (Å²) in [5, 5.41) is 3.34. The maximum atomic E-state index is 5.80. The number of oxazole rings is 1. The minimum absolute atomic E-state index is 0.576. The summed E-state index contributed by atoms with van der Waals surface area (Å²) in [7, 11) is 0. The van der Waals surface area contributed by atoms with Crippen LogP contribution in [-0.4, -0.2) is 4.98 Å². The highest BCUT2D eigenvalue weighted by Crippen LogP contribution is 2.27. The van der Waals surface area contributed by atoms with Crippen LogP contribution in [0.15, 0.2) is 94.0 Å². The summed E-state index contributed by atoms with van der Waals surface area (Å²) in [6.45, 7) is 0.576. The van der Waals surface area contributed by atoms with Crippen molar-refractivity contribution in [1.29, 1.82) is 0 Å². The monoisotopic (exact) mass is 420 g/mol. The van der Waals surface area contributed by atoms with E-state index in [1.54, 1.807) is 6.26 Å². The third kappa shape index (κ3) is 4.38. The predicted octanol–water partition coefficient (Wildman–Crippen LogP) is 6.51. The molecule has 0 unspecified atom stereocenters. The van der Waals surface area contributed by atoms with Crippen LogP contribution in [0.2, 0.25) is 0 Å². The lowest BCUT2D eigenvalue weighted by molar-refractivity contribution is 0.483. The summed E-state index contributed by atoms with van der Waals surface area (Å²) < 4.78 is 12.4. The van der Waals surface area contributed by atoms with E-state index < -0.39 is 0 Å². The highest BCUT2D eigenvalue weighted by molar-refractivity contribution is 9.10. The molecule has 4 rings (SSSR count). The standard InChI is InChI=1S/C22H17BrN2O2/c23-21-9-5-4-8-20(21)22-25-17(15-26-22)14-24-16-10-12-19(13-11-16)27-18-6-2-1-3-7-18/h1-13,15,24H,14H2. The molecule has 4 aromatic rings. The predicted molar refractivity (Wildman–Crippen MR) is 110 cm³/mol. The summed E-state index contributed by atoms with van der Waals surface area (Å²) >= 11 is 3.52. The maximum absolute atomic E-state index is 5.80. The topological polar surface area (TPSA) is 47.3 Å². The Morgan fingerprint density at radius 2 is 1.56 bits per heavy atom. The molecule has 1 N–H and O–H groups in total. The smallest absolute Gasteiger partial charge is 0.227 e. The number of anilines is 1. The second kappa shape index (κ2) is 8.10. The van der Waals surface area contributed by atoms with Gasteiger partial charge in [-0.05, 0) is 64.5 Å². The molecule has 0 aliphatic carbocycles. The van der Waals surface area contributed by atoms with Crippen LogP contribution in [0.3, 0.4) is 0 Å². The van der Waals surface area contributed by atoms with Crippen LogP contribution in [0, 0.1) is 0 Å². The Hall–Kier alpha value is -3.05. The van der Waals surface area contributed by atoms with E-state index in [9.17, 15) is 0 Å². The summed E-state index contributed by atoms with van der Waals surface area (Å²) in [6, 6.07) is 25.4. The molecule has 0 saturated heterocycles. The lowest BCUT2D eigenvalue weighted by Crippen LogP contribution is -1.99. The van der Waals surface area contributed by atoms with Crippen molar-refractivity contribution in [3.63, 3.8) is 0 Å². The number of hydrogen-bond donors (Lipinski definition) is 1. The zero-order chi connectivity index (χ0) is 18.5. The van der Waals surface area contributed by atoms with Crippen molar-refractivity contribution in [3.05, 3.63) is 95.3 Å². The van der Waals surface area contributed by atoms with E-state index in [2.05, 4.69) is 26.2 Å². The van der Waals surface area contributed by atoms with E-state index in [-0.39, 0.29) is 0 Å². The van der Waals surface area contributed by atoms with Gasteiger partial charge in [-0.15, -0.1) is 0 Å². The molecule has 0 aliphatic heterocycles. The van der Waals surface area contributed by atoms with Crippen molar-refractivity contribution < 1.29 is 9.15 Å². The van der Waals surface area contributed by atoms with Crippen molar-refractivity contribution in [2.24, 2.45) is 0 Å². The number of halogens is 1. The fourth-order valence-electron chi connectivity index (χ4n) is 2.60. The number of para-hydroxylation sites is 1. The van der Waals surface area contributed by atoms with Crippen molar-refractivity contribution >= 4 is 21.6 Å². The van der Waals surface area contributed by atoms with Gasteiger partial charge < -0.3 is 14.5 Å². The van der Waals surface area contributed by atoms with E-state index in [4.69, 9.17) is 9.15 Å². The van der Waals surface area contributed by atoms with Crippen LogP contribution in [0.25, 0.3) is 11.5 Å². The number of nitrogens with zero attached hydrogens (tertiary/aromatic N) is 1. The van der Waals surface area contributed by atoms with E-state index in [0.717, 1.165) is 32.9 Å². The fourth-order valence-corrected chi connectivity index (χ4v) is 3.06. The van der Waals surface area contributed by atoms with Crippen molar-refractivity contribution in [3.8, 4) is 23.0 Å². The summed E-state index contributed by atoms with van der Waals surface area (Å²) in [5.74, 6) is 2.22. The van der Waals surface area contributed by atoms with E-state index >= 15 is 0 Å². The third-order valence-electron chi connectivity index (χ3n) is 3.96. The van der Waals surface area contributed by atoms with Gasteiger partial charge in [0.15, 0.2) is 0 Å². The van der Waals surface area contributed by atoms with Crippen LogP contribution in [0.4, 0.5) is 5.69 Å². The molecule has 0 spiro atoms. The fraction of sp³-hybridized carbons (Fsp3) is 0.0455. The minimum atomic E-state index is 0.576. The van der Waals surface area contributed by atoms with Crippen LogP contribution in [0.1, 0.15) is 5.69 Å². The van der Waals surface area contributed by atoms with Gasteiger partial charge in [-0.2, -0.15) is 0 Å². The molecule has 0 saturated carbocycles. The normalized spacial score (nSPS) is 10.6. The molecule has 3 aromatic carbocycles. The van der Waals surface area contributed by atoms with Gasteiger partial charge in [-0.25, -0.2) is 4.98 Å². The quantitative estimate of drug-likeness (QED) is 0.386. The largest absolute Gasteiger partial charge is 0.457 e. The molecule has 0 radical (unpaired) electrons. The third-order valence-corrected chi connectivity index (χ3v) is 4.65. The first-order chi connectivity index (χ1) is 13.3. The first-order valence-corrected chi connectivity index (χ1v) is 9.33. The maximum Gasteiger partial charge on any atom is 0.227 e. The Morgan fingerprint density at radius 3 is 2.33 bits per heavy atom. The second-order valence-corrected chi connectivity index (χ2v) is 6.77. The highest BCUT2D eigenvalue weighted by Gasteiger charge is 2.09. The molecular weight excluding hydrogens is 404 g/mol. The molecule has 5 heteroatoms. The Bertz CT molecular complexity index is 1010. The molecule has 0 aliphatic rings. The van der Waals surface area contributed by atoms with Crippen LogP contribution in [0.5, 0.6) is 11.5 Å². The lowest BCUT2D eigenvalue weighted by Gasteiger charge is -2.07. The molecule has 0 fully saturated rings. The molecule has 134 valence electrons. The number of ether oxygens (including phenoxy) is 1. The molecule has 1 aromatic heterocycles. The van der Waals surface area contributed by atoms with Crippen molar-refractivity contribution in [2.45, 2.75) is 6.54 Å². The molecule has 27 heavy (non-hydrogen) atoms. The highest BCUT2D eigenvalue weighted by atomic mass is 79.9. The van der Waals surface area contributed by atoms with Gasteiger partial charge in [0.1, 0.15) is 17.8 Å². The summed E-state index contributed by atoms with van der Waals surface area (Å²) in [6.07, 6.45) is 1.68. The van der Waals surface area contributed by atoms with Crippen molar-refractivity contribution in [1.82, 2.24) is 4.98 Å². The van der Waals surface area contributed by atoms with Gasteiger partial charge in [0.05, 0.1) is 17.8 Å². The Balaban J connectivity index is 1.37. The second-order valence-electron chi connectivity index (χ2n) is 5.92. The van der Waals surface area contributed by atoms with E-state index in [0.29, 0.717) is 12.4 Å². The first-order valence-electron chi connectivity index (χ1n) is 8.54. The Kier molecular flexibility index (Phi) is 5.21. The average Bonchev–Trinajstić information content (AvgIpc) is 3.17. The average molecular weight is 421 g/mol. The summed E-state index contributed by atoms with van der Waals surface area (Å²) in [4.78, 5) is 4.55. The van der Waals surface area contributed by atoms with Gasteiger partial charge in [-0.1, -0.05) is 30.3 Å². The van der Waals surface area contributed by atoms with Gasteiger partial charge in [0.2, 0.25) is 5.89 Å². The molecular formula is C22H17BrN2O2. The van der Waals surface area contributed by atoms with Crippen molar-refractivity contribution in [2.75, 3.05) is 5.32 Å². The number of hydrogen-bond acceptors (Lipinski definition) is 4. The van der Waals surface area contributed by atoms with Crippen LogP contribution < -0.4 is 10.1 Å². The number of aromatic nitrogens is 1. The zero-order valence-electron chi connectivity index (χ0n) is 14.4.